The third-order valence-corrected chi connectivity index (χ3v) is 10.8. The molecule has 182 valence electrons. The first-order valence-corrected chi connectivity index (χ1v) is 13.0. The summed E-state index contributed by atoms with van der Waals surface area (Å²) in [7, 11) is 0. The topological polar surface area (TPSA) is 119 Å². The summed E-state index contributed by atoms with van der Waals surface area (Å²) >= 11 is 0. The standard InChI is InChI=1S/C26H45N3O3/c1-5-16-18-12-15(30)6-9-25(18,3)17-7-10-26(4)19(21(17)23(16)31)13-20(27)22(26)14(2)8-11-29-24(28)32/h14-19,21-23,27,30-31H,5-13H2,1-4H3,(H3,28,29,32)/t14-,15-,16-,17+,18+,19+,21?,22?,23-,25-,26+/m1/s1. The van der Waals surface area contributed by atoms with Crippen molar-refractivity contribution in [2.45, 2.75) is 91.3 Å². The van der Waals surface area contributed by atoms with Gasteiger partial charge in [0.2, 0.25) is 0 Å². The first kappa shape index (κ1) is 24.0. The summed E-state index contributed by atoms with van der Waals surface area (Å²) in [5, 5.41) is 33.9. The van der Waals surface area contributed by atoms with Crippen molar-refractivity contribution in [1.29, 1.82) is 5.41 Å². The van der Waals surface area contributed by atoms with Crippen LogP contribution in [0.25, 0.3) is 0 Å². The molecule has 6 heteroatoms. The summed E-state index contributed by atoms with van der Waals surface area (Å²) in [4.78, 5) is 11.1. The Kier molecular flexibility index (Phi) is 6.43. The summed E-state index contributed by atoms with van der Waals surface area (Å²) in [6.45, 7) is 9.80. The van der Waals surface area contributed by atoms with Crippen LogP contribution in [0.1, 0.15) is 79.1 Å². The van der Waals surface area contributed by atoms with Crippen LogP contribution in [0.5, 0.6) is 0 Å². The highest BCUT2D eigenvalue weighted by Gasteiger charge is 2.65. The normalized spacial score (nSPS) is 49.0. The van der Waals surface area contributed by atoms with Crippen LogP contribution in [0.2, 0.25) is 0 Å². The Balaban J connectivity index is 1.62. The number of nitrogens with one attached hydrogen (secondary N) is 2. The molecule has 4 fully saturated rings. The lowest BCUT2D eigenvalue weighted by molar-refractivity contribution is -0.203. The Bertz CT molecular complexity index is 744. The van der Waals surface area contributed by atoms with Crippen LogP contribution in [0, 0.1) is 57.7 Å². The van der Waals surface area contributed by atoms with Gasteiger partial charge < -0.3 is 26.7 Å². The summed E-state index contributed by atoms with van der Waals surface area (Å²) in [6, 6.07) is -0.486. The molecule has 0 heterocycles. The van der Waals surface area contributed by atoms with E-state index in [0.717, 1.165) is 57.1 Å². The second-order valence-corrected chi connectivity index (χ2v) is 12.2. The van der Waals surface area contributed by atoms with Gasteiger partial charge in [0.15, 0.2) is 0 Å². The molecule has 2 amide bonds. The first-order chi connectivity index (χ1) is 15.0. The number of nitrogens with two attached hydrogens (primary N) is 1. The maximum Gasteiger partial charge on any atom is 0.312 e. The summed E-state index contributed by atoms with van der Waals surface area (Å²) in [5.41, 5.74) is 6.30. The number of amides is 2. The minimum atomic E-state index is -0.486. The number of urea groups is 1. The zero-order valence-corrected chi connectivity index (χ0v) is 20.4. The van der Waals surface area contributed by atoms with E-state index in [-0.39, 0.29) is 40.8 Å². The highest BCUT2D eigenvalue weighted by molar-refractivity contribution is 5.87. The summed E-state index contributed by atoms with van der Waals surface area (Å²) < 4.78 is 0. The van der Waals surface area contributed by atoms with Crippen molar-refractivity contribution < 1.29 is 15.0 Å². The van der Waals surface area contributed by atoms with Crippen LogP contribution in [0.3, 0.4) is 0 Å². The number of carbonyl (C=O) groups excluding carboxylic acids is 1. The number of aliphatic hydroxyl groups is 2. The minimum Gasteiger partial charge on any atom is -0.393 e. The molecular weight excluding hydrogens is 402 g/mol. The number of primary amides is 1. The Hall–Kier alpha value is -1.14. The Morgan fingerprint density at radius 2 is 1.88 bits per heavy atom. The second kappa shape index (κ2) is 8.57. The average Bonchev–Trinajstić information content (AvgIpc) is 2.99. The number of hydrogen-bond acceptors (Lipinski definition) is 4. The lowest BCUT2D eigenvalue weighted by atomic mass is 9.41. The maximum absolute atomic E-state index is 11.8. The third-order valence-electron chi connectivity index (χ3n) is 10.8. The molecule has 4 rings (SSSR count). The Morgan fingerprint density at radius 3 is 2.53 bits per heavy atom. The SMILES string of the molecule is CC[C@H]1[C@@H](O)C2[C@H](CC[C@]3(C)C([C@H](C)CCNC(N)=O)C(=N)C[C@@H]23)[C@@]2(C)CC[C@@H](O)C[C@@H]12. The molecule has 11 atom stereocenters. The van der Waals surface area contributed by atoms with Crippen LogP contribution in [-0.4, -0.2) is 40.7 Å². The molecule has 4 aliphatic carbocycles. The zero-order chi connectivity index (χ0) is 23.4. The van der Waals surface area contributed by atoms with Crippen LogP contribution >= 0.6 is 0 Å². The van der Waals surface area contributed by atoms with Crippen molar-refractivity contribution in [3.8, 4) is 0 Å². The average molecular weight is 448 g/mol. The van der Waals surface area contributed by atoms with Crippen LogP contribution < -0.4 is 11.1 Å². The number of rotatable bonds is 5. The molecule has 0 bridgehead atoms. The molecule has 0 aromatic heterocycles. The molecule has 0 aromatic rings. The number of aliphatic hydroxyl groups excluding tert-OH is 2. The van der Waals surface area contributed by atoms with Gasteiger partial charge >= 0.3 is 6.03 Å². The number of fused-ring (bicyclic) bond motifs is 5. The van der Waals surface area contributed by atoms with E-state index in [2.05, 4.69) is 33.0 Å². The quantitative estimate of drug-likeness (QED) is 0.439. The molecule has 0 saturated heterocycles. The zero-order valence-electron chi connectivity index (χ0n) is 20.4. The smallest absolute Gasteiger partial charge is 0.312 e. The fourth-order valence-electron chi connectivity index (χ4n) is 9.43. The van der Waals surface area contributed by atoms with Crippen molar-refractivity contribution >= 4 is 11.7 Å². The fourth-order valence-corrected chi connectivity index (χ4v) is 9.43. The molecular formula is C26H45N3O3. The summed E-state index contributed by atoms with van der Waals surface area (Å²) in [5.74, 6) is 2.21. The van der Waals surface area contributed by atoms with E-state index in [0.29, 0.717) is 30.2 Å². The predicted molar refractivity (Wildman–Crippen MR) is 126 cm³/mol. The van der Waals surface area contributed by atoms with Gasteiger partial charge in [-0.15, -0.1) is 0 Å². The van der Waals surface area contributed by atoms with E-state index in [1.165, 1.54) is 0 Å². The predicted octanol–water partition coefficient (Wildman–Crippen LogP) is 3.94. The highest BCUT2D eigenvalue weighted by Crippen LogP contribution is 2.69. The Morgan fingerprint density at radius 1 is 1.19 bits per heavy atom. The van der Waals surface area contributed by atoms with E-state index < -0.39 is 6.03 Å². The van der Waals surface area contributed by atoms with Crippen molar-refractivity contribution in [3.05, 3.63) is 0 Å². The van der Waals surface area contributed by atoms with Gasteiger partial charge in [0, 0.05) is 18.2 Å². The van der Waals surface area contributed by atoms with Gasteiger partial charge in [0.1, 0.15) is 0 Å². The molecule has 32 heavy (non-hydrogen) atoms. The third kappa shape index (κ3) is 3.60. The number of hydrogen-bond donors (Lipinski definition) is 5. The van der Waals surface area contributed by atoms with Crippen LogP contribution in [0.4, 0.5) is 4.79 Å². The molecule has 0 aliphatic heterocycles. The maximum atomic E-state index is 11.8. The molecule has 2 unspecified atom stereocenters. The van der Waals surface area contributed by atoms with E-state index >= 15 is 0 Å². The van der Waals surface area contributed by atoms with Crippen LogP contribution in [-0.2, 0) is 0 Å². The van der Waals surface area contributed by atoms with Crippen molar-refractivity contribution in [1.82, 2.24) is 5.32 Å². The molecule has 0 aromatic carbocycles. The fraction of sp³-hybridized carbons (Fsp3) is 0.923. The number of carbonyl (C=O) groups is 1. The lowest BCUT2D eigenvalue weighted by Crippen LogP contribution is -2.62. The monoisotopic (exact) mass is 447 g/mol. The van der Waals surface area contributed by atoms with Gasteiger partial charge in [-0.1, -0.05) is 34.1 Å². The molecule has 0 spiro atoms. The van der Waals surface area contributed by atoms with E-state index in [1.54, 1.807) is 0 Å². The first-order valence-electron chi connectivity index (χ1n) is 13.0. The molecule has 6 nitrogen and oxygen atoms in total. The van der Waals surface area contributed by atoms with E-state index in [1.807, 2.05) is 0 Å². The lowest BCUT2D eigenvalue weighted by Gasteiger charge is -2.64. The van der Waals surface area contributed by atoms with Gasteiger partial charge in [0.25, 0.3) is 0 Å². The van der Waals surface area contributed by atoms with Gasteiger partial charge in [-0.05, 0) is 91.3 Å². The summed E-state index contributed by atoms with van der Waals surface area (Å²) in [6.07, 6.45) is 7.01. The molecule has 4 aliphatic rings. The Labute approximate surface area is 193 Å². The van der Waals surface area contributed by atoms with Gasteiger partial charge in [0.05, 0.1) is 12.2 Å². The molecule has 4 saturated carbocycles. The minimum absolute atomic E-state index is 0.0288. The van der Waals surface area contributed by atoms with Crippen molar-refractivity contribution in [3.63, 3.8) is 0 Å². The largest absolute Gasteiger partial charge is 0.393 e. The highest BCUT2D eigenvalue weighted by atomic mass is 16.3. The van der Waals surface area contributed by atoms with E-state index in [4.69, 9.17) is 11.1 Å². The van der Waals surface area contributed by atoms with Gasteiger partial charge in [-0.2, -0.15) is 0 Å². The van der Waals surface area contributed by atoms with Crippen LogP contribution in [0.15, 0.2) is 0 Å². The van der Waals surface area contributed by atoms with Crippen molar-refractivity contribution in [2.75, 3.05) is 6.54 Å². The van der Waals surface area contributed by atoms with Gasteiger partial charge in [-0.3, -0.25) is 0 Å². The van der Waals surface area contributed by atoms with Gasteiger partial charge in [-0.25, -0.2) is 4.79 Å². The van der Waals surface area contributed by atoms with Crippen molar-refractivity contribution in [2.24, 2.45) is 58.0 Å². The molecule has 6 N–H and O–H groups in total. The molecule has 0 radical (unpaired) electrons. The second-order valence-electron chi connectivity index (χ2n) is 12.2. The van der Waals surface area contributed by atoms with E-state index in [9.17, 15) is 15.0 Å².